The number of allylic oxidation sites excluding steroid dienone is 1. The molecule has 0 aliphatic carbocycles. The summed E-state index contributed by atoms with van der Waals surface area (Å²) in [6.07, 6.45) is 11.1. The average molecular weight is 413 g/mol. The molecule has 0 N–H and O–H groups in total. The average Bonchev–Trinajstić information content (AvgIpc) is 3.22. The van der Waals surface area contributed by atoms with E-state index >= 15 is 0 Å². The molecule has 5 aromatic rings. The third-order valence-corrected chi connectivity index (χ3v) is 5.27. The van der Waals surface area contributed by atoms with Crippen LogP contribution in [0.4, 0.5) is 0 Å². The Kier molecular flexibility index (Phi) is 5.07. The standard InChI is InChI=1S/C28H19N3O/c1-3-8-23-24-16-15-22(17-26(24)32-25(23)4-2)28-30-18-29-27(31-28)21-13-11-20(12-14-21)19-9-6-5-7-10-19/h2-3,5-18H,1H3/b8-3-. The molecule has 0 radical (unpaired) electrons. The minimum atomic E-state index is 0.519. The number of furan rings is 1. The minimum Gasteiger partial charge on any atom is -0.447 e. The Morgan fingerprint density at radius 1 is 0.812 bits per heavy atom. The number of rotatable bonds is 4. The van der Waals surface area contributed by atoms with Gasteiger partial charge in [-0.25, -0.2) is 15.0 Å². The van der Waals surface area contributed by atoms with Gasteiger partial charge in [0.15, 0.2) is 17.4 Å². The van der Waals surface area contributed by atoms with Crippen molar-refractivity contribution in [1.29, 1.82) is 0 Å². The van der Waals surface area contributed by atoms with Crippen LogP contribution in [0.5, 0.6) is 0 Å². The third-order valence-electron chi connectivity index (χ3n) is 5.27. The number of terminal acetylenes is 1. The zero-order chi connectivity index (χ0) is 21.9. The number of fused-ring (bicyclic) bond motifs is 1. The van der Waals surface area contributed by atoms with Gasteiger partial charge >= 0.3 is 0 Å². The summed E-state index contributed by atoms with van der Waals surface area (Å²) in [4.78, 5) is 13.4. The predicted octanol–water partition coefficient (Wildman–Crippen LogP) is 6.63. The Morgan fingerprint density at radius 3 is 2.19 bits per heavy atom. The highest BCUT2D eigenvalue weighted by Crippen LogP contribution is 2.30. The second kappa shape index (κ2) is 8.33. The maximum absolute atomic E-state index is 5.87. The van der Waals surface area contributed by atoms with Gasteiger partial charge in [-0.2, -0.15) is 0 Å². The van der Waals surface area contributed by atoms with Gasteiger partial charge < -0.3 is 4.42 Å². The smallest absolute Gasteiger partial charge is 0.185 e. The van der Waals surface area contributed by atoms with Gasteiger partial charge in [0, 0.05) is 22.1 Å². The van der Waals surface area contributed by atoms with Crippen LogP contribution in [0.25, 0.3) is 50.9 Å². The van der Waals surface area contributed by atoms with E-state index in [1.165, 1.54) is 11.9 Å². The molecule has 0 spiro atoms. The molecule has 0 atom stereocenters. The van der Waals surface area contributed by atoms with Crippen molar-refractivity contribution in [3.63, 3.8) is 0 Å². The van der Waals surface area contributed by atoms with Crippen LogP contribution in [0, 0.1) is 12.3 Å². The van der Waals surface area contributed by atoms with Crippen LogP contribution < -0.4 is 0 Å². The Hall–Kier alpha value is -4.49. The van der Waals surface area contributed by atoms with E-state index in [0.717, 1.165) is 27.6 Å². The molecule has 0 amide bonds. The van der Waals surface area contributed by atoms with Crippen LogP contribution in [0.1, 0.15) is 18.2 Å². The number of aromatic nitrogens is 3. The molecule has 0 saturated carbocycles. The molecule has 0 bridgehead atoms. The number of hydrogen-bond acceptors (Lipinski definition) is 4. The van der Waals surface area contributed by atoms with Crippen LogP contribution in [0.2, 0.25) is 0 Å². The summed E-state index contributed by atoms with van der Waals surface area (Å²) >= 11 is 0. The van der Waals surface area contributed by atoms with Crippen LogP contribution in [0.15, 0.2) is 89.6 Å². The first-order valence-electron chi connectivity index (χ1n) is 10.3. The van der Waals surface area contributed by atoms with Crippen LogP contribution >= 0.6 is 0 Å². The lowest BCUT2D eigenvalue weighted by molar-refractivity contribution is 0.600. The van der Waals surface area contributed by atoms with E-state index in [4.69, 9.17) is 10.8 Å². The van der Waals surface area contributed by atoms with Gasteiger partial charge in [-0.1, -0.05) is 72.8 Å². The maximum atomic E-state index is 5.87. The molecule has 5 rings (SSSR count). The Bertz CT molecular complexity index is 1470. The molecule has 0 aliphatic rings. The van der Waals surface area contributed by atoms with E-state index in [1.807, 2.05) is 67.6 Å². The Labute approximate surface area is 186 Å². The molecule has 0 unspecified atom stereocenters. The van der Waals surface area contributed by atoms with Crippen molar-refractivity contribution in [1.82, 2.24) is 15.0 Å². The van der Waals surface area contributed by atoms with Crippen molar-refractivity contribution < 1.29 is 4.42 Å². The minimum absolute atomic E-state index is 0.519. The lowest BCUT2D eigenvalue weighted by Gasteiger charge is -2.05. The molecule has 4 nitrogen and oxygen atoms in total. The van der Waals surface area contributed by atoms with Crippen molar-refractivity contribution in [3.8, 4) is 46.2 Å². The first kappa shape index (κ1) is 19.5. The number of hydrogen-bond donors (Lipinski definition) is 0. The lowest BCUT2D eigenvalue weighted by Crippen LogP contribution is -1.95. The zero-order valence-electron chi connectivity index (χ0n) is 17.5. The molecular formula is C28H19N3O. The largest absolute Gasteiger partial charge is 0.447 e. The van der Waals surface area contributed by atoms with Crippen LogP contribution in [-0.2, 0) is 0 Å². The van der Waals surface area contributed by atoms with Gasteiger partial charge in [-0.3, -0.25) is 0 Å². The van der Waals surface area contributed by atoms with E-state index in [-0.39, 0.29) is 0 Å². The molecule has 2 aromatic heterocycles. The van der Waals surface area contributed by atoms with Crippen molar-refractivity contribution in [2.24, 2.45) is 0 Å². The van der Waals surface area contributed by atoms with Gasteiger partial charge in [0.1, 0.15) is 11.9 Å². The van der Waals surface area contributed by atoms with Crippen LogP contribution in [0.3, 0.4) is 0 Å². The molecule has 2 heterocycles. The summed E-state index contributed by atoms with van der Waals surface area (Å²) in [6.45, 7) is 1.95. The maximum Gasteiger partial charge on any atom is 0.185 e. The van der Waals surface area contributed by atoms with E-state index in [0.29, 0.717) is 23.0 Å². The van der Waals surface area contributed by atoms with Gasteiger partial charge in [0.25, 0.3) is 0 Å². The van der Waals surface area contributed by atoms with Crippen molar-refractivity contribution in [2.75, 3.05) is 0 Å². The van der Waals surface area contributed by atoms with E-state index in [1.54, 1.807) is 0 Å². The Morgan fingerprint density at radius 2 is 1.47 bits per heavy atom. The molecule has 0 saturated heterocycles. The molecule has 0 aliphatic heterocycles. The quantitative estimate of drug-likeness (QED) is 0.310. The van der Waals surface area contributed by atoms with Crippen molar-refractivity contribution in [3.05, 3.63) is 96.5 Å². The lowest BCUT2D eigenvalue weighted by atomic mass is 10.0. The normalized spacial score (nSPS) is 11.1. The fourth-order valence-electron chi connectivity index (χ4n) is 3.71. The fourth-order valence-corrected chi connectivity index (χ4v) is 3.71. The van der Waals surface area contributed by atoms with Gasteiger partial charge in [-0.15, -0.1) is 6.42 Å². The second-order valence-corrected chi connectivity index (χ2v) is 7.28. The van der Waals surface area contributed by atoms with Crippen molar-refractivity contribution in [2.45, 2.75) is 6.92 Å². The van der Waals surface area contributed by atoms with E-state index < -0.39 is 0 Å². The SMILES string of the molecule is C#Cc1oc2cc(-c3ncnc(-c4ccc(-c5ccccc5)cc4)n3)ccc2c1/C=C\C. The summed E-state index contributed by atoms with van der Waals surface area (Å²) in [7, 11) is 0. The monoisotopic (exact) mass is 413 g/mol. The first-order valence-corrected chi connectivity index (χ1v) is 10.3. The molecule has 3 aromatic carbocycles. The molecular weight excluding hydrogens is 394 g/mol. The number of benzene rings is 3. The summed E-state index contributed by atoms with van der Waals surface area (Å²) in [5.41, 5.74) is 5.70. The second-order valence-electron chi connectivity index (χ2n) is 7.28. The topological polar surface area (TPSA) is 51.8 Å². The Balaban J connectivity index is 1.50. The summed E-state index contributed by atoms with van der Waals surface area (Å²) < 4.78 is 5.87. The highest BCUT2D eigenvalue weighted by Gasteiger charge is 2.13. The molecule has 4 heteroatoms. The fraction of sp³-hybridized carbons (Fsp3) is 0.0357. The summed E-state index contributed by atoms with van der Waals surface area (Å²) in [5.74, 6) is 4.33. The van der Waals surface area contributed by atoms with Gasteiger partial charge in [0.05, 0.1) is 0 Å². The first-order chi connectivity index (χ1) is 15.8. The molecule has 152 valence electrons. The number of nitrogens with zero attached hydrogens (tertiary/aromatic N) is 3. The highest BCUT2D eigenvalue weighted by atomic mass is 16.3. The van der Waals surface area contributed by atoms with E-state index in [2.05, 4.69) is 45.1 Å². The predicted molar refractivity (Wildman–Crippen MR) is 129 cm³/mol. The zero-order valence-corrected chi connectivity index (χ0v) is 17.5. The molecule has 0 fully saturated rings. The molecule has 32 heavy (non-hydrogen) atoms. The third kappa shape index (κ3) is 3.57. The van der Waals surface area contributed by atoms with E-state index in [9.17, 15) is 0 Å². The van der Waals surface area contributed by atoms with Gasteiger partial charge in [-0.05, 0) is 36.1 Å². The summed E-state index contributed by atoms with van der Waals surface area (Å²) in [5, 5.41) is 0.964. The summed E-state index contributed by atoms with van der Waals surface area (Å²) in [6, 6.07) is 24.4. The van der Waals surface area contributed by atoms with Crippen molar-refractivity contribution >= 4 is 17.0 Å². The van der Waals surface area contributed by atoms with Crippen LogP contribution in [-0.4, -0.2) is 15.0 Å². The highest BCUT2D eigenvalue weighted by molar-refractivity contribution is 5.92. The van der Waals surface area contributed by atoms with Gasteiger partial charge in [0.2, 0.25) is 0 Å².